The molecule has 6 nitrogen and oxygen atoms in total. The van der Waals surface area contributed by atoms with Crippen LogP contribution in [0.3, 0.4) is 0 Å². The smallest absolute Gasteiger partial charge is 0.142 e. The van der Waals surface area contributed by atoms with Crippen molar-refractivity contribution < 1.29 is 4.79 Å². The van der Waals surface area contributed by atoms with Gasteiger partial charge >= 0.3 is 0 Å². The first kappa shape index (κ1) is 15.9. The van der Waals surface area contributed by atoms with Gasteiger partial charge in [-0.25, -0.2) is 0 Å². The Morgan fingerprint density at radius 3 is 2.80 bits per heavy atom. The Morgan fingerprint density at radius 1 is 1.20 bits per heavy atom. The van der Waals surface area contributed by atoms with Gasteiger partial charge in [-0.15, -0.1) is 0 Å². The molecule has 1 fully saturated rings. The molecule has 1 saturated heterocycles. The number of nitrogens with one attached hydrogen (secondary N) is 1. The third-order valence-corrected chi connectivity index (χ3v) is 4.82. The van der Waals surface area contributed by atoms with Crippen molar-refractivity contribution in [2.45, 2.75) is 19.3 Å². The molecule has 0 radical (unpaired) electrons. The van der Waals surface area contributed by atoms with Gasteiger partial charge in [0.05, 0.1) is 23.8 Å². The normalized spacial score (nSPS) is 15.6. The fourth-order valence-electron chi connectivity index (χ4n) is 3.39. The monoisotopic (exact) mass is 335 g/mol. The van der Waals surface area contributed by atoms with Crippen LogP contribution >= 0.6 is 0 Å². The number of carbonyl (C=O) groups is 1. The molecule has 1 aliphatic rings. The molecule has 1 aliphatic heterocycles. The highest BCUT2D eigenvalue weighted by atomic mass is 16.1. The van der Waals surface area contributed by atoms with Crippen LogP contribution in [-0.2, 0) is 18.3 Å². The van der Waals surface area contributed by atoms with Crippen molar-refractivity contribution in [1.82, 2.24) is 25.3 Å². The SMILES string of the molecule is Cn1cc(-c2ccc3nnc(CC(=O)C4CCNCC4)cc3c2)cn1. The van der Waals surface area contributed by atoms with Gasteiger partial charge in [-0.3, -0.25) is 9.48 Å². The average molecular weight is 335 g/mol. The maximum atomic E-state index is 12.5. The van der Waals surface area contributed by atoms with Crippen LogP contribution in [0, 0.1) is 5.92 Å². The lowest BCUT2D eigenvalue weighted by Crippen LogP contribution is -2.32. The molecule has 3 heterocycles. The van der Waals surface area contributed by atoms with Crippen molar-refractivity contribution in [1.29, 1.82) is 0 Å². The zero-order valence-electron chi connectivity index (χ0n) is 14.3. The Kier molecular flexibility index (Phi) is 4.28. The molecule has 128 valence electrons. The van der Waals surface area contributed by atoms with Crippen molar-refractivity contribution in [2.24, 2.45) is 13.0 Å². The number of fused-ring (bicyclic) bond motifs is 1. The maximum Gasteiger partial charge on any atom is 0.142 e. The summed E-state index contributed by atoms with van der Waals surface area (Å²) in [5, 5.41) is 17.0. The largest absolute Gasteiger partial charge is 0.317 e. The van der Waals surface area contributed by atoms with Crippen LogP contribution in [-0.4, -0.2) is 38.9 Å². The van der Waals surface area contributed by atoms with Crippen molar-refractivity contribution in [3.63, 3.8) is 0 Å². The number of hydrogen-bond acceptors (Lipinski definition) is 5. The number of rotatable bonds is 4. The Morgan fingerprint density at radius 2 is 2.04 bits per heavy atom. The number of benzene rings is 1. The Hall–Kier alpha value is -2.60. The predicted molar refractivity (Wildman–Crippen MR) is 96.0 cm³/mol. The third-order valence-electron chi connectivity index (χ3n) is 4.82. The fourth-order valence-corrected chi connectivity index (χ4v) is 3.39. The molecule has 1 N–H and O–H groups in total. The van der Waals surface area contributed by atoms with Gasteiger partial charge in [-0.1, -0.05) is 6.07 Å². The number of hydrogen-bond donors (Lipinski definition) is 1. The highest BCUT2D eigenvalue weighted by molar-refractivity contribution is 5.86. The van der Waals surface area contributed by atoms with Gasteiger partial charge in [0.2, 0.25) is 0 Å². The number of ketones is 1. The number of piperidine rings is 1. The minimum atomic E-state index is 0.153. The summed E-state index contributed by atoms with van der Waals surface area (Å²) >= 11 is 0. The van der Waals surface area contributed by atoms with E-state index in [4.69, 9.17) is 0 Å². The topological polar surface area (TPSA) is 72.7 Å². The van der Waals surface area contributed by atoms with E-state index in [1.807, 2.05) is 37.6 Å². The first-order valence-electron chi connectivity index (χ1n) is 8.68. The molecular weight excluding hydrogens is 314 g/mol. The second-order valence-corrected chi connectivity index (χ2v) is 6.68. The number of aromatic nitrogens is 4. The lowest BCUT2D eigenvalue weighted by atomic mass is 9.91. The van der Waals surface area contributed by atoms with E-state index in [9.17, 15) is 4.79 Å². The summed E-state index contributed by atoms with van der Waals surface area (Å²) in [5.41, 5.74) is 3.74. The van der Waals surface area contributed by atoms with Gasteiger partial charge < -0.3 is 5.32 Å². The van der Waals surface area contributed by atoms with E-state index >= 15 is 0 Å². The third kappa shape index (κ3) is 3.44. The molecule has 25 heavy (non-hydrogen) atoms. The number of nitrogens with zero attached hydrogens (tertiary/aromatic N) is 4. The zero-order valence-corrected chi connectivity index (χ0v) is 14.3. The summed E-state index contributed by atoms with van der Waals surface area (Å²) in [6.45, 7) is 1.85. The molecule has 2 aromatic heterocycles. The van der Waals surface area contributed by atoms with Crippen molar-refractivity contribution in [3.05, 3.63) is 42.4 Å². The molecule has 0 spiro atoms. The van der Waals surface area contributed by atoms with Gasteiger partial charge in [0.15, 0.2) is 0 Å². The highest BCUT2D eigenvalue weighted by Gasteiger charge is 2.21. The van der Waals surface area contributed by atoms with Gasteiger partial charge in [0.1, 0.15) is 5.78 Å². The Labute approximate surface area is 146 Å². The van der Waals surface area contributed by atoms with Gasteiger partial charge in [-0.2, -0.15) is 15.3 Å². The highest BCUT2D eigenvalue weighted by Crippen LogP contribution is 2.23. The van der Waals surface area contributed by atoms with Crippen LogP contribution in [0.5, 0.6) is 0 Å². The van der Waals surface area contributed by atoms with Crippen LogP contribution < -0.4 is 5.32 Å². The second kappa shape index (κ2) is 6.72. The number of carbonyl (C=O) groups excluding carboxylic acids is 1. The van der Waals surface area contributed by atoms with Gasteiger partial charge in [-0.05, 0) is 49.7 Å². The minimum absolute atomic E-state index is 0.153. The van der Waals surface area contributed by atoms with Crippen molar-refractivity contribution in [3.8, 4) is 11.1 Å². The number of aryl methyl sites for hydroxylation is 1. The van der Waals surface area contributed by atoms with Gasteiger partial charge in [0.25, 0.3) is 0 Å². The predicted octanol–water partition coefficient (Wildman–Crippen LogP) is 2.14. The van der Waals surface area contributed by atoms with E-state index in [2.05, 4.69) is 26.7 Å². The summed E-state index contributed by atoms with van der Waals surface area (Å²) in [6, 6.07) is 8.05. The van der Waals surface area contributed by atoms with E-state index in [0.717, 1.165) is 53.7 Å². The lowest BCUT2D eigenvalue weighted by Gasteiger charge is -2.21. The molecule has 6 heteroatoms. The van der Waals surface area contributed by atoms with Crippen LogP contribution in [0.25, 0.3) is 22.0 Å². The van der Waals surface area contributed by atoms with Crippen molar-refractivity contribution >= 4 is 16.7 Å². The van der Waals surface area contributed by atoms with Crippen LogP contribution in [0.1, 0.15) is 18.5 Å². The minimum Gasteiger partial charge on any atom is -0.317 e. The fraction of sp³-hybridized carbons (Fsp3) is 0.368. The molecule has 4 rings (SSSR count). The van der Waals surface area contributed by atoms with Crippen molar-refractivity contribution in [2.75, 3.05) is 13.1 Å². The molecule has 0 amide bonds. The first-order valence-corrected chi connectivity index (χ1v) is 8.68. The lowest BCUT2D eigenvalue weighted by molar-refractivity contribution is -0.123. The second-order valence-electron chi connectivity index (χ2n) is 6.68. The molecular formula is C19H21N5O. The summed E-state index contributed by atoms with van der Waals surface area (Å²) in [7, 11) is 1.90. The molecule has 0 atom stereocenters. The first-order chi connectivity index (χ1) is 12.2. The quantitative estimate of drug-likeness (QED) is 0.791. The maximum absolute atomic E-state index is 12.5. The number of Topliss-reactive ketones (excluding diaryl/α,β-unsaturated/α-hetero) is 1. The van der Waals surface area contributed by atoms with E-state index in [0.29, 0.717) is 6.42 Å². The standard InChI is InChI=1S/C19H21N5O/c1-24-12-16(11-21-24)14-2-3-18-15(8-14)9-17(22-23-18)10-19(25)13-4-6-20-7-5-13/h2-3,8-9,11-13,20H,4-7,10H2,1H3. The van der Waals surface area contributed by atoms with Gasteiger partial charge in [0, 0.05) is 30.1 Å². The van der Waals surface area contributed by atoms with E-state index in [1.54, 1.807) is 4.68 Å². The Bertz CT molecular complexity index is 911. The summed E-state index contributed by atoms with van der Waals surface area (Å²) in [5.74, 6) is 0.430. The van der Waals surface area contributed by atoms with Crippen LogP contribution in [0.15, 0.2) is 36.7 Å². The Balaban J connectivity index is 1.59. The average Bonchev–Trinajstić information content (AvgIpc) is 3.08. The molecule has 0 unspecified atom stereocenters. The van der Waals surface area contributed by atoms with Crippen LogP contribution in [0.4, 0.5) is 0 Å². The van der Waals surface area contributed by atoms with E-state index in [1.165, 1.54) is 0 Å². The molecule has 0 saturated carbocycles. The summed E-state index contributed by atoms with van der Waals surface area (Å²) in [4.78, 5) is 12.5. The van der Waals surface area contributed by atoms with E-state index in [-0.39, 0.29) is 11.7 Å². The van der Waals surface area contributed by atoms with Crippen LogP contribution in [0.2, 0.25) is 0 Å². The van der Waals surface area contributed by atoms with E-state index < -0.39 is 0 Å². The molecule has 1 aromatic carbocycles. The summed E-state index contributed by atoms with van der Waals surface area (Å²) in [6.07, 6.45) is 6.04. The zero-order chi connectivity index (χ0) is 17.2. The molecule has 0 aliphatic carbocycles. The molecule has 0 bridgehead atoms. The molecule has 3 aromatic rings. The summed E-state index contributed by atoms with van der Waals surface area (Å²) < 4.78 is 1.79.